The lowest BCUT2D eigenvalue weighted by molar-refractivity contribution is 0.230. The summed E-state index contributed by atoms with van der Waals surface area (Å²) in [5, 5.41) is 7.96. The van der Waals surface area contributed by atoms with Crippen molar-refractivity contribution in [2.45, 2.75) is 13.3 Å². The SMILES string of the molecule is C=CCN(C(=N)N)C(=O)N(C)c1c(Cl)cccc1CC. The second kappa shape index (κ2) is 6.96. The van der Waals surface area contributed by atoms with Crippen molar-refractivity contribution in [2.24, 2.45) is 5.73 Å². The molecule has 0 bridgehead atoms. The first-order chi connectivity index (χ1) is 9.43. The lowest BCUT2D eigenvalue weighted by atomic mass is 10.1. The maximum atomic E-state index is 12.4. The molecular formula is C14H19ClN4O. The van der Waals surface area contributed by atoms with Gasteiger partial charge in [-0.05, 0) is 18.1 Å². The highest BCUT2D eigenvalue weighted by molar-refractivity contribution is 6.34. The summed E-state index contributed by atoms with van der Waals surface area (Å²) >= 11 is 6.19. The zero-order chi connectivity index (χ0) is 15.3. The highest BCUT2D eigenvalue weighted by atomic mass is 35.5. The second-order valence-electron chi connectivity index (χ2n) is 4.23. The number of nitrogens with zero attached hydrogens (tertiary/aromatic N) is 2. The molecule has 1 rings (SSSR count). The van der Waals surface area contributed by atoms with Crippen LogP contribution in [0.3, 0.4) is 0 Å². The molecule has 1 aromatic rings. The zero-order valence-electron chi connectivity index (χ0n) is 11.7. The fourth-order valence-corrected chi connectivity index (χ4v) is 2.23. The summed E-state index contributed by atoms with van der Waals surface area (Å²) < 4.78 is 0. The van der Waals surface area contributed by atoms with Gasteiger partial charge in [0.15, 0.2) is 5.96 Å². The van der Waals surface area contributed by atoms with Gasteiger partial charge >= 0.3 is 6.03 Å². The van der Waals surface area contributed by atoms with Gasteiger partial charge < -0.3 is 5.73 Å². The van der Waals surface area contributed by atoms with E-state index in [9.17, 15) is 4.79 Å². The van der Waals surface area contributed by atoms with Gasteiger partial charge in [-0.1, -0.05) is 36.7 Å². The van der Waals surface area contributed by atoms with Crippen LogP contribution in [0.2, 0.25) is 5.02 Å². The smallest absolute Gasteiger partial charge is 0.331 e. The van der Waals surface area contributed by atoms with Crippen LogP contribution in [0.15, 0.2) is 30.9 Å². The molecule has 3 N–H and O–H groups in total. The Bertz CT molecular complexity index is 530. The Labute approximate surface area is 124 Å². The van der Waals surface area contributed by atoms with Gasteiger partial charge in [-0.25, -0.2) is 4.79 Å². The molecule has 0 heterocycles. The van der Waals surface area contributed by atoms with Crippen molar-refractivity contribution in [3.8, 4) is 0 Å². The van der Waals surface area contributed by atoms with Crippen LogP contribution < -0.4 is 10.6 Å². The molecule has 0 aliphatic heterocycles. The van der Waals surface area contributed by atoms with E-state index in [1.165, 1.54) is 11.0 Å². The fourth-order valence-electron chi connectivity index (χ4n) is 1.91. The van der Waals surface area contributed by atoms with Crippen LogP contribution in [0, 0.1) is 5.41 Å². The number of carbonyl (C=O) groups excluding carboxylic acids is 1. The molecule has 0 spiro atoms. The molecule has 0 saturated carbocycles. The normalized spacial score (nSPS) is 9.95. The van der Waals surface area contributed by atoms with E-state index >= 15 is 0 Å². The average molecular weight is 295 g/mol. The number of anilines is 1. The third kappa shape index (κ3) is 3.30. The van der Waals surface area contributed by atoms with Crippen LogP contribution in [0.25, 0.3) is 0 Å². The Morgan fingerprint density at radius 2 is 2.20 bits per heavy atom. The first-order valence-corrected chi connectivity index (χ1v) is 6.59. The minimum Gasteiger partial charge on any atom is -0.370 e. The van der Waals surface area contributed by atoms with E-state index < -0.39 is 6.03 Å². The van der Waals surface area contributed by atoms with Crippen molar-refractivity contribution in [3.05, 3.63) is 41.4 Å². The lowest BCUT2D eigenvalue weighted by Gasteiger charge is -2.28. The Kier molecular flexibility index (Phi) is 5.58. The minimum absolute atomic E-state index is 0.171. The molecular weight excluding hydrogens is 276 g/mol. The second-order valence-corrected chi connectivity index (χ2v) is 4.63. The summed E-state index contributed by atoms with van der Waals surface area (Å²) in [6, 6.07) is 5.07. The molecule has 6 heteroatoms. The van der Waals surface area contributed by atoms with Crippen LogP contribution >= 0.6 is 11.6 Å². The highest BCUT2D eigenvalue weighted by Gasteiger charge is 2.23. The van der Waals surface area contributed by atoms with Crippen LogP contribution in [-0.2, 0) is 6.42 Å². The van der Waals surface area contributed by atoms with Gasteiger partial charge in [0.05, 0.1) is 10.7 Å². The van der Waals surface area contributed by atoms with E-state index in [1.807, 2.05) is 19.1 Å². The standard InChI is InChI=1S/C14H19ClN4O/c1-4-9-19(13(16)17)14(20)18(3)12-10(5-2)7-6-8-11(12)15/h4,6-8H,1,5,9H2,2-3H3,(H3,16,17). The number of urea groups is 1. The monoisotopic (exact) mass is 294 g/mol. The molecule has 0 aromatic heterocycles. The summed E-state index contributed by atoms with van der Waals surface area (Å²) in [7, 11) is 1.61. The number of hydrogen-bond acceptors (Lipinski definition) is 2. The number of guanidine groups is 1. The van der Waals surface area contributed by atoms with Gasteiger partial charge in [0.2, 0.25) is 0 Å². The van der Waals surface area contributed by atoms with Gasteiger partial charge in [0, 0.05) is 13.6 Å². The number of aryl methyl sites for hydroxylation is 1. The molecule has 0 atom stereocenters. The number of carbonyl (C=O) groups is 1. The first kappa shape index (κ1) is 16.0. The zero-order valence-corrected chi connectivity index (χ0v) is 12.4. The predicted molar refractivity (Wildman–Crippen MR) is 83.4 cm³/mol. The van der Waals surface area contributed by atoms with Crippen molar-refractivity contribution < 1.29 is 4.79 Å². The number of para-hydroxylation sites is 1. The summed E-state index contributed by atoms with van der Waals surface area (Å²) in [5.74, 6) is -0.327. The topological polar surface area (TPSA) is 73.4 Å². The van der Waals surface area contributed by atoms with E-state index in [2.05, 4.69) is 6.58 Å². The third-order valence-electron chi connectivity index (χ3n) is 2.91. The van der Waals surface area contributed by atoms with Crippen molar-refractivity contribution >= 4 is 29.3 Å². The Morgan fingerprint density at radius 1 is 1.55 bits per heavy atom. The van der Waals surface area contributed by atoms with Crippen molar-refractivity contribution in [1.29, 1.82) is 5.41 Å². The molecule has 1 aromatic carbocycles. The molecule has 5 nitrogen and oxygen atoms in total. The number of hydrogen-bond donors (Lipinski definition) is 2. The largest absolute Gasteiger partial charge is 0.370 e. The average Bonchev–Trinajstić information content (AvgIpc) is 2.42. The Morgan fingerprint density at radius 3 is 2.70 bits per heavy atom. The van der Waals surface area contributed by atoms with E-state index in [0.29, 0.717) is 10.7 Å². The van der Waals surface area contributed by atoms with Crippen LogP contribution in [0.5, 0.6) is 0 Å². The molecule has 0 unspecified atom stereocenters. The molecule has 0 saturated heterocycles. The number of halogens is 1. The summed E-state index contributed by atoms with van der Waals surface area (Å²) in [6.45, 7) is 5.72. The van der Waals surface area contributed by atoms with E-state index in [1.54, 1.807) is 13.1 Å². The molecule has 20 heavy (non-hydrogen) atoms. The number of nitrogens with one attached hydrogen (secondary N) is 1. The number of rotatable bonds is 4. The number of benzene rings is 1. The van der Waals surface area contributed by atoms with Crippen LogP contribution in [0.1, 0.15) is 12.5 Å². The van der Waals surface area contributed by atoms with Gasteiger partial charge in [-0.3, -0.25) is 15.2 Å². The van der Waals surface area contributed by atoms with Crippen LogP contribution in [0.4, 0.5) is 10.5 Å². The lowest BCUT2D eigenvalue weighted by Crippen LogP contribution is -2.48. The number of nitrogens with two attached hydrogens (primary N) is 1. The van der Waals surface area contributed by atoms with Crippen molar-refractivity contribution in [3.63, 3.8) is 0 Å². The van der Waals surface area contributed by atoms with Gasteiger partial charge in [0.25, 0.3) is 0 Å². The van der Waals surface area contributed by atoms with Crippen molar-refractivity contribution in [2.75, 3.05) is 18.5 Å². The molecule has 108 valence electrons. The van der Waals surface area contributed by atoms with Crippen molar-refractivity contribution in [1.82, 2.24) is 4.90 Å². The Balaban J connectivity index is 3.17. The first-order valence-electron chi connectivity index (χ1n) is 6.21. The summed E-state index contributed by atoms with van der Waals surface area (Å²) in [5.41, 5.74) is 7.02. The van der Waals surface area contributed by atoms with E-state index in [4.69, 9.17) is 22.7 Å². The summed E-state index contributed by atoms with van der Waals surface area (Å²) in [4.78, 5) is 14.9. The number of amides is 2. The van der Waals surface area contributed by atoms with Gasteiger partial charge in [-0.15, -0.1) is 6.58 Å². The van der Waals surface area contributed by atoms with Gasteiger partial charge in [0.1, 0.15) is 0 Å². The Hall–Kier alpha value is -2.01. The molecule has 0 fully saturated rings. The van der Waals surface area contributed by atoms with Gasteiger partial charge in [-0.2, -0.15) is 0 Å². The third-order valence-corrected chi connectivity index (χ3v) is 3.21. The maximum Gasteiger partial charge on any atom is 0.331 e. The van der Waals surface area contributed by atoms with Crippen LogP contribution in [-0.4, -0.2) is 30.5 Å². The molecule has 0 aliphatic carbocycles. The fraction of sp³-hybridized carbons (Fsp3) is 0.286. The quantitative estimate of drug-likeness (QED) is 0.509. The summed E-state index contributed by atoms with van der Waals surface area (Å²) in [6.07, 6.45) is 2.26. The molecule has 0 aliphatic rings. The minimum atomic E-state index is -0.416. The molecule has 0 radical (unpaired) electrons. The highest BCUT2D eigenvalue weighted by Crippen LogP contribution is 2.30. The molecule has 2 amide bonds. The van der Waals surface area contributed by atoms with E-state index in [-0.39, 0.29) is 12.5 Å². The maximum absolute atomic E-state index is 12.4. The van der Waals surface area contributed by atoms with E-state index in [0.717, 1.165) is 16.9 Å². The predicted octanol–water partition coefficient (Wildman–Crippen LogP) is 2.84.